The van der Waals surface area contributed by atoms with Gasteiger partial charge in [-0.2, -0.15) is 0 Å². The number of furan rings is 1. The molecule has 1 saturated heterocycles. The van der Waals surface area contributed by atoms with Crippen molar-refractivity contribution in [3.63, 3.8) is 0 Å². The molecule has 58 heavy (non-hydrogen) atoms. The molecule has 3 aromatic rings. The lowest BCUT2D eigenvalue weighted by Crippen LogP contribution is -2.54. The van der Waals surface area contributed by atoms with Crippen molar-refractivity contribution in [2.75, 3.05) is 97.7 Å². The Labute approximate surface area is 332 Å². The first kappa shape index (κ1) is 42.0. The number of nitrogens with zero attached hydrogens (tertiary/aromatic N) is 1. The number of hydrogen-bond donors (Lipinski definition) is 3. The molecule has 3 heterocycles. The topological polar surface area (TPSA) is 227 Å². The maximum atomic E-state index is 13.2. The first-order chi connectivity index (χ1) is 28.3. The van der Waals surface area contributed by atoms with Crippen LogP contribution in [0.15, 0.2) is 52.9 Å². The van der Waals surface area contributed by atoms with E-state index in [1.807, 2.05) is 0 Å². The van der Waals surface area contributed by atoms with Gasteiger partial charge in [-0.1, -0.05) is 30.3 Å². The zero-order chi connectivity index (χ0) is 40.9. The molecular formula is C40H44N4O14. The molecule has 18 nitrogen and oxygen atoms in total. The van der Waals surface area contributed by atoms with Crippen LogP contribution in [0.25, 0.3) is 0 Å². The number of anilines is 1. The summed E-state index contributed by atoms with van der Waals surface area (Å²) in [5.41, 5.74) is 1.47. The second-order valence-corrected chi connectivity index (χ2v) is 13.1. The standard InChI is InChI=1S/C40H44N4O14/c45-32-9-8-30(37(48)43-32)44-39(50)27-6-3-7-29(33(27)40(44)51)41-10-12-52-14-16-54-18-20-56-22-23-57-21-19-55-17-15-53-13-11-42-38(49)31-24-28-34(46)25-4-1-2-5-26(25)35(47)36(28)58-31/h1-7,24,30,41H,8-23H2,(H,42,49)(H,43,45,48). The van der Waals surface area contributed by atoms with Crippen LogP contribution in [0.2, 0.25) is 0 Å². The number of carbonyl (C=O) groups is 7. The Morgan fingerprint density at radius 2 is 1.21 bits per heavy atom. The maximum Gasteiger partial charge on any atom is 0.287 e. The zero-order valence-electron chi connectivity index (χ0n) is 31.7. The maximum absolute atomic E-state index is 13.2. The van der Waals surface area contributed by atoms with E-state index in [0.717, 1.165) is 4.90 Å². The fraction of sp³-hybridized carbons (Fsp3) is 0.425. The largest absolute Gasteiger partial charge is 0.447 e. The van der Waals surface area contributed by atoms with E-state index in [1.165, 1.54) is 12.1 Å². The molecule has 0 bridgehead atoms. The molecule has 1 unspecified atom stereocenters. The highest BCUT2D eigenvalue weighted by atomic mass is 16.6. The van der Waals surface area contributed by atoms with Crippen molar-refractivity contribution in [1.29, 1.82) is 0 Å². The zero-order valence-corrected chi connectivity index (χ0v) is 31.7. The van der Waals surface area contributed by atoms with E-state index in [-0.39, 0.29) is 71.1 Å². The predicted molar refractivity (Wildman–Crippen MR) is 201 cm³/mol. The minimum atomic E-state index is -1.02. The smallest absolute Gasteiger partial charge is 0.287 e. The molecule has 0 spiro atoms. The van der Waals surface area contributed by atoms with Gasteiger partial charge in [0, 0.05) is 42.4 Å². The number of carbonyl (C=O) groups excluding carboxylic acids is 7. The lowest BCUT2D eigenvalue weighted by molar-refractivity contribution is -0.136. The Morgan fingerprint density at radius 1 is 0.655 bits per heavy atom. The molecule has 3 aliphatic rings. The van der Waals surface area contributed by atoms with Crippen LogP contribution in [0.5, 0.6) is 0 Å². The Balaban J connectivity index is 0.704. The normalized spacial score (nSPS) is 16.0. The first-order valence-electron chi connectivity index (χ1n) is 18.9. The molecule has 2 aromatic carbocycles. The summed E-state index contributed by atoms with van der Waals surface area (Å²) >= 11 is 0. The third kappa shape index (κ3) is 10.3. The SMILES string of the molecule is O=C1CCC(N2C(=O)c3cccc(NCCOCCOCCOCCOCCOCCOCCNC(=O)c4cc5c(o4)C(=O)c4ccccc4C5=O)c3C2=O)C(=O)N1. The second kappa shape index (κ2) is 20.7. The third-order valence-electron chi connectivity index (χ3n) is 9.24. The van der Waals surface area contributed by atoms with Crippen molar-refractivity contribution >= 4 is 46.8 Å². The Morgan fingerprint density at radius 3 is 1.81 bits per heavy atom. The van der Waals surface area contributed by atoms with Crippen LogP contribution < -0.4 is 16.0 Å². The van der Waals surface area contributed by atoms with Crippen molar-refractivity contribution < 1.29 is 66.4 Å². The van der Waals surface area contributed by atoms with E-state index in [4.69, 9.17) is 32.8 Å². The van der Waals surface area contributed by atoms with E-state index in [0.29, 0.717) is 84.9 Å². The quantitative estimate of drug-likeness (QED) is 0.0672. The van der Waals surface area contributed by atoms with Crippen molar-refractivity contribution in [2.24, 2.45) is 0 Å². The number of hydrogen-bond acceptors (Lipinski definition) is 15. The molecule has 0 radical (unpaired) electrons. The lowest BCUT2D eigenvalue weighted by Gasteiger charge is -2.27. The molecule has 3 N–H and O–H groups in total. The number of fused-ring (bicyclic) bond motifs is 3. The minimum absolute atomic E-state index is 0.0535. The highest BCUT2D eigenvalue weighted by molar-refractivity contribution is 6.28. The highest BCUT2D eigenvalue weighted by Crippen LogP contribution is 2.32. The van der Waals surface area contributed by atoms with E-state index in [1.54, 1.807) is 36.4 Å². The second-order valence-electron chi connectivity index (χ2n) is 13.1. The van der Waals surface area contributed by atoms with Gasteiger partial charge in [-0.3, -0.25) is 43.8 Å². The highest BCUT2D eigenvalue weighted by Gasteiger charge is 2.45. The van der Waals surface area contributed by atoms with Gasteiger partial charge < -0.3 is 43.5 Å². The molecule has 0 saturated carbocycles. The monoisotopic (exact) mass is 804 g/mol. The van der Waals surface area contributed by atoms with Gasteiger partial charge in [0.05, 0.1) is 96.0 Å². The van der Waals surface area contributed by atoms with Crippen LogP contribution in [0.3, 0.4) is 0 Å². The van der Waals surface area contributed by atoms with Crippen molar-refractivity contribution in [3.05, 3.63) is 87.9 Å². The molecular weight excluding hydrogens is 760 g/mol. The van der Waals surface area contributed by atoms with Gasteiger partial charge in [0.1, 0.15) is 6.04 Å². The van der Waals surface area contributed by atoms with Crippen LogP contribution in [-0.4, -0.2) is 144 Å². The van der Waals surface area contributed by atoms with Crippen molar-refractivity contribution in [3.8, 4) is 0 Å². The van der Waals surface area contributed by atoms with Gasteiger partial charge in [-0.05, 0) is 18.6 Å². The van der Waals surface area contributed by atoms with E-state index in [2.05, 4.69) is 16.0 Å². The Bertz CT molecular complexity index is 1960. The number of rotatable bonds is 24. The Hall–Kier alpha value is -5.63. The summed E-state index contributed by atoms with van der Waals surface area (Å²) in [7, 11) is 0. The fourth-order valence-corrected chi connectivity index (χ4v) is 6.43. The molecule has 1 atom stereocenters. The molecule has 1 fully saturated rings. The summed E-state index contributed by atoms with van der Waals surface area (Å²) in [6, 6.07) is 11.6. The average molecular weight is 805 g/mol. The number of ether oxygens (including phenoxy) is 6. The first-order valence-corrected chi connectivity index (χ1v) is 18.9. The van der Waals surface area contributed by atoms with Gasteiger partial charge in [0.15, 0.2) is 17.3 Å². The summed E-state index contributed by atoms with van der Waals surface area (Å²) in [6.07, 6.45) is 0.144. The molecule has 308 valence electrons. The molecule has 6 rings (SSSR count). The fourth-order valence-electron chi connectivity index (χ4n) is 6.43. The van der Waals surface area contributed by atoms with Crippen LogP contribution in [0.4, 0.5) is 5.69 Å². The summed E-state index contributed by atoms with van der Waals surface area (Å²) < 4.78 is 38.4. The van der Waals surface area contributed by atoms with Gasteiger partial charge in [0.25, 0.3) is 17.7 Å². The third-order valence-corrected chi connectivity index (χ3v) is 9.24. The van der Waals surface area contributed by atoms with Crippen LogP contribution in [-0.2, 0) is 38.0 Å². The van der Waals surface area contributed by atoms with Gasteiger partial charge in [-0.15, -0.1) is 0 Å². The summed E-state index contributed by atoms with van der Waals surface area (Å²) in [5.74, 6) is -3.82. The average Bonchev–Trinajstić information content (AvgIpc) is 3.79. The number of ketones is 2. The predicted octanol–water partition coefficient (Wildman–Crippen LogP) is 1.40. The number of amides is 5. The van der Waals surface area contributed by atoms with Crippen molar-refractivity contribution in [1.82, 2.24) is 15.5 Å². The summed E-state index contributed by atoms with van der Waals surface area (Å²) in [4.78, 5) is 88.8. The molecule has 2 aliphatic heterocycles. The minimum Gasteiger partial charge on any atom is -0.447 e. The van der Waals surface area contributed by atoms with Crippen LogP contribution in [0, 0.1) is 0 Å². The Kier molecular flexibility index (Phi) is 15.0. The molecule has 1 aliphatic carbocycles. The lowest BCUT2D eigenvalue weighted by atomic mass is 9.89. The van der Waals surface area contributed by atoms with Crippen LogP contribution >= 0.6 is 0 Å². The van der Waals surface area contributed by atoms with Gasteiger partial charge in [-0.25, -0.2) is 0 Å². The number of benzene rings is 2. The van der Waals surface area contributed by atoms with E-state index < -0.39 is 41.4 Å². The van der Waals surface area contributed by atoms with Crippen molar-refractivity contribution in [2.45, 2.75) is 18.9 Å². The van der Waals surface area contributed by atoms with Crippen LogP contribution in [0.1, 0.15) is 76.2 Å². The van der Waals surface area contributed by atoms with E-state index in [9.17, 15) is 33.6 Å². The number of imide groups is 2. The molecule has 18 heteroatoms. The molecule has 1 aromatic heterocycles. The summed E-state index contributed by atoms with van der Waals surface area (Å²) in [5, 5.41) is 7.95. The number of piperidine rings is 1. The van der Waals surface area contributed by atoms with Gasteiger partial charge in [0.2, 0.25) is 17.6 Å². The number of nitrogens with one attached hydrogen (secondary N) is 3. The summed E-state index contributed by atoms with van der Waals surface area (Å²) in [6.45, 7) is 4.76. The molecule has 5 amide bonds. The van der Waals surface area contributed by atoms with Gasteiger partial charge >= 0.3 is 0 Å². The van der Waals surface area contributed by atoms with E-state index >= 15 is 0 Å².